The topological polar surface area (TPSA) is 77.1 Å². The number of hydrogen-bond acceptors (Lipinski definition) is 6. The molecule has 0 atom stereocenters. The van der Waals surface area contributed by atoms with Gasteiger partial charge in [-0.3, -0.25) is 14.5 Å². The number of para-hydroxylation sites is 2. The molecule has 0 saturated heterocycles. The van der Waals surface area contributed by atoms with Gasteiger partial charge in [-0.05, 0) is 42.7 Å². The molecule has 32 heavy (non-hydrogen) atoms. The molecule has 3 rings (SSSR count). The monoisotopic (exact) mass is 438 g/mol. The fourth-order valence-electron chi connectivity index (χ4n) is 3.48. The van der Waals surface area contributed by atoms with Crippen molar-refractivity contribution >= 4 is 23.1 Å². The van der Waals surface area contributed by atoms with E-state index in [0.29, 0.717) is 54.5 Å². The summed E-state index contributed by atoms with van der Waals surface area (Å²) in [6.07, 6.45) is 2.65. The predicted molar refractivity (Wildman–Crippen MR) is 124 cm³/mol. The van der Waals surface area contributed by atoms with Crippen molar-refractivity contribution in [2.45, 2.75) is 26.2 Å². The molecule has 0 spiro atoms. The summed E-state index contributed by atoms with van der Waals surface area (Å²) >= 11 is 0. The quantitative estimate of drug-likeness (QED) is 0.397. The summed E-state index contributed by atoms with van der Waals surface area (Å²) in [5.74, 6) is 0.565. The van der Waals surface area contributed by atoms with Gasteiger partial charge in [0.15, 0.2) is 0 Å². The van der Waals surface area contributed by atoms with Gasteiger partial charge in [0.1, 0.15) is 17.2 Å². The summed E-state index contributed by atoms with van der Waals surface area (Å²) in [6, 6.07) is 14.4. The fourth-order valence-corrected chi connectivity index (χ4v) is 3.48. The molecule has 1 aliphatic rings. The second-order valence-electron chi connectivity index (χ2n) is 7.39. The van der Waals surface area contributed by atoms with Gasteiger partial charge in [0.05, 0.1) is 25.5 Å². The first kappa shape index (κ1) is 23.3. The second-order valence-corrected chi connectivity index (χ2v) is 7.39. The summed E-state index contributed by atoms with van der Waals surface area (Å²) in [7, 11) is 3.14. The van der Waals surface area contributed by atoms with Crippen molar-refractivity contribution in [1.29, 1.82) is 0 Å². The van der Waals surface area contributed by atoms with Crippen LogP contribution in [0.25, 0.3) is 5.57 Å². The van der Waals surface area contributed by atoms with Crippen molar-refractivity contribution in [2.24, 2.45) is 0 Å². The Morgan fingerprint density at radius 2 is 1.59 bits per heavy atom. The highest BCUT2D eigenvalue weighted by Gasteiger charge is 2.39. The molecule has 2 aromatic rings. The molecule has 170 valence electrons. The van der Waals surface area contributed by atoms with Crippen LogP contribution < -0.4 is 14.8 Å². The number of carbonyl (C=O) groups is 2. The number of methoxy groups -OCH3 is 2. The average molecular weight is 439 g/mol. The van der Waals surface area contributed by atoms with Gasteiger partial charge < -0.3 is 19.5 Å². The van der Waals surface area contributed by atoms with Crippen LogP contribution in [0, 0.1) is 0 Å². The summed E-state index contributed by atoms with van der Waals surface area (Å²) in [4.78, 5) is 27.8. The predicted octanol–water partition coefficient (Wildman–Crippen LogP) is 4.10. The van der Waals surface area contributed by atoms with Crippen LogP contribution in [0.4, 0.5) is 5.69 Å². The number of imide groups is 1. The van der Waals surface area contributed by atoms with Crippen LogP contribution in [0.2, 0.25) is 0 Å². The lowest BCUT2D eigenvalue weighted by atomic mass is 10.0. The smallest absolute Gasteiger partial charge is 0.278 e. The normalized spacial score (nSPS) is 13.7. The zero-order chi connectivity index (χ0) is 22.9. The van der Waals surface area contributed by atoms with Crippen molar-refractivity contribution < 1.29 is 23.8 Å². The molecule has 7 heteroatoms. The molecule has 1 heterocycles. The molecular formula is C25H30N2O5. The molecule has 0 bridgehead atoms. The minimum absolute atomic E-state index is 0.233. The number of ether oxygens (including phenoxy) is 3. The highest BCUT2D eigenvalue weighted by molar-refractivity contribution is 6.36. The molecule has 0 fully saturated rings. The summed E-state index contributed by atoms with van der Waals surface area (Å²) in [6.45, 7) is 3.59. The number of amides is 2. The molecular weight excluding hydrogens is 408 g/mol. The maximum absolute atomic E-state index is 13.3. The van der Waals surface area contributed by atoms with E-state index in [9.17, 15) is 9.59 Å². The van der Waals surface area contributed by atoms with E-state index < -0.39 is 0 Å². The van der Waals surface area contributed by atoms with E-state index in [1.807, 2.05) is 12.1 Å². The Balaban J connectivity index is 1.86. The molecule has 0 aromatic heterocycles. The van der Waals surface area contributed by atoms with E-state index in [2.05, 4.69) is 12.2 Å². The first-order chi connectivity index (χ1) is 15.6. The molecule has 1 aliphatic heterocycles. The van der Waals surface area contributed by atoms with Gasteiger partial charge >= 0.3 is 0 Å². The highest BCUT2D eigenvalue weighted by atomic mass is 16.5. The number of hydrogen-bond donors (Lipinski definition) is 1. The summed E-state index contributed by atoms with van der Waals surface area (Å²) in [5.41, 5.74) is 1.82. The minimum Gasteiger partial charge on any atom is -0.497 e. The zero-order valence-corrected chi connectivity index (χ0v) is 18.8. The first-order valence-electron chi connectivity index (χ1n) is 10.8. The Bertz CT molecular complexity index is 969. The summed E-state index contributed by atoms with van der Waals surface area (Å²) in [5, 5.41) is 3.15. The number of unbranched alkanes of at least 4 members (excludes halogenated alkanes) is 1. The van der Waals surface area contributed by atoms with Crippen LogP contribution in [0.5, 0.6) is 11.5 Å². The van der Waals surface area contributed by atoms with Crippen LogP contribution in [0.15, 0.2) is 54.2 Å². The van der Waals surface area contributed by atoms with E-state index in [-0.39, 0.29) is 17.5 Å². The van der Waals surface area contributed by atoms with Crippen LogP contribution in [-0.2, 0) is 14.3 Å². The van der Waals surface area contributed by atoms with Gasteiger partial charge in [-0.2, -0.15) is 0 Å². The van der Waals surface area contributed by atoms with Gasteiger partial charge in [-0.1, -0.05) is 37.6 Å². The number of nitrogens with zero attached hydrogens (tertiary/aromatic N) is 1. The van der Waals surface area contributed by atoms with Crippen molar-refractivity contribution in [3.63, 3.8) is 0 Å². The van der Waals surface area contributed by atoms with Crippen LogP contribution >= 0.6 is 0 Å². The number of carbonyl (C=O) groups excluding carboxylic acids is 2. The summed E-state index contributed by atoms with van der Waals surface area (Å²) < 4.78 is 16.2. The standard InChI is InChI=1S/C25H30N2O5/c1-4-5-16-32-17-8-15-27-24(28)22(18-11-13-19(30-2)14-12-18)23(25(27)29)26-20-9-6-7-10-21(20)31-3/h6-7,9-14,26H,4-5,8,15-17H2,1-3H3. The van der Waals surface area contributed by atoms with Gasteiger partial charge in [0.25, 0.3) is 11.8 Å². The van der Waals surface area contributed by atoms with Gasteiger partial charge in [0.2, 0.25) is 0 Å². The van der Waals surface area contributed by atoms with E-state index in [1.165, 1.54) is 4.90 Å². The molecule has 2 amide bonds. The lowest BCUT2D eigenvalue weighted by molar-refractivity contribution is -0.137. The maximum Gasteiger partial charge on any atom is 0.278 e. The van der Waals surface area contributed by atoms with E-state index in [0.717, 1.165) is 12.8 Å². The van der Waals surface area contributed by atoms with Crippen molar-refractivity contribution in [3.05, 3.63) is 59.8 Å². The lowest BCUT2D eigenvalue weighted by Gasteiger charge is -2.16. The molecule has 0 unspecified atom stereocenters. The third kappa shape index (κ3) is 5.29. The number of nitrogens with one attached hydrogen (secondary N) is 1. The fraction of sp³-hybridized carbons (Fsp3) is 0.360. The lowest BCUT2D eigenvalue weighted by Crippen LogP contribution is -2.34. The first-order valence-corrected chi connectivity index (χ1v) is 10.8. The van der Waals surface area contributed by atoms with E-state index >= 15 is 0 Å². The molecule has 0 saturated carbocycles. The SMILES string of the molecule is CCCCOCCCN1C(=O)C(Nc2ccccc2OC)=C(c2ccc(OC)cc2)C1=O. The van der Waals surface area contributed by atoms with E-state index in [1.54, 1.807) is 50.6 Å². The largest absolute Gasteiger partial charge is 0.497 e. The molecule has 1 N–H and O–H groups in total. The number of anilines is 1. The molecule has 0 radical (unpaired) electrons. The zero-order valence-electron chi connectivity index (χ0n) is 18.8. The van der Waals surface area contributed by atoms with Crippen molar-refractivity contribution in [2.75, 3.05) is 39.3 Å². The average Bonchev–Trinajstić information content (AvgIpc) is 3.05. The molecule has 0 aliphatic carbocycles. The molecule has 7 nitrogen and oxygen atoms in total. The number of rotatable bonds is 12. The molecule has 2 aromatic carbocycles. The maximum atomic E-state index is 13.3. The van der Waals surface area contributed by atoms with Gasteiger partial charge in [-0.15, -0.1) is 0 Å². The van der Waals surface area contributed by atoms with E-state index in [4.69, 9.17) is 14.2 Å². The number of benzene rings is 2. The van der Waals surface area contributed by atoms with Gasteiger partial charge in [-0.25, -0.2) is 0 Å². The third-order valence-corrected chi connectivity index (χ3v) is 5.23. The highest BCUT2D eigenvalue weighted by Crippen LogP contribution is 2.33. The van der Waals surface area contributed by atoms with Gasteiger partial charge in [0, 0.05) is 19.8 Å². The Kier molecular flexibility index (Phi) is 8.27. The minimum atomic E-state index is -0.361. The Morgan fingerprint density at radius 1 is 0.875 bits per heavy atom. The van der Waals surface area contributed by atoms with Crippen LogP contribution in [0.1, 0.15) is 31.7 Å². The van der Waals surface area contributed by atoms with Crippen LogP contribution in [-0.4, -0.2) is 50.7 Å². The second kappa shape index (κ2) is 11.3. The Labute approximate surface area is 189 Å². The van der Waals surface area contributed by atoms with Crippen LogP contribution in [0.3, 0.4) is 0 Å². The van der Waals surface area contributed by atoms with Crippen molar-refractivity contribution in [3.8, 4) is 11.5 Å². The Morgan fingerprint density at radius 3 is 2.28 bits per heavy atom. The third-order valence-electron chi connectivity index (χ3n) is 5.23. The van der Waals surface area contributed by atoms with Crippen molar-refractivity contribution in [1.82, 2.24) is 4.90 Å². The Hall–Kier alpha value is -3.32.